The van der Waals surface area contributed by atoms with Crippen molar-refractivity contribution in [3.8, 4) is 0 Å². The topological polar surface area (TPSA) is 71.4 Å². The molecule has 1 N–H and O–H groups in total. The van der Waals surface area contributed by atoms with E-state index in [0.717, 1.165) is 0 Å². The predicted octanol–water partition coefficient (Wildman–Crippen LogP) is 3.69. The largest absolute Gasteiger partial charge is 0.478 e. The molecule has 0 heterocycles. The number of hydrogen-bond acceptors (Lipinski definition) is 3. The van der Waals surface area contributed by atoms with Crippen LogP contribution in [0.25, 0.3) is 0 Å². The number of rotatable bonds is 1. The molecular weight excluding hydrogens is 404 g/mol. The Kier molecular flexibility index (Phi) is 3.30. The molecule has 0 aromatic heterocycles. The Balaban J connectivity index is 2.41. The van der Waals surface area contributed by atoms with Crippen LogP contribution in [-0.4, -0.2) is 22.6 Å². The lowest BCUT2D eigenvalue weighted by molar-refractivity contribution is 0.0695. The first-order chi connectivity index (χ1) is 9.93. The van der Waals surface area contributed by atoms with Crippen molar-refractivity contribution in [3.05, 3.63) is 67.1 Å². The molecular formula is C15H6Br2O4. The van der Waals surface area contributed by atoms with Crippen LogP contribution in [-0.2, 0) is 0 Å². The number of ketones is 2. The molecule has 21 heavy (non-hydrogen) atoms. The average molecular weight is 410 g/mol. The predicted molar refractivity (Wildman–Crippen MR) is 82.1 cm³/mol. The Hall–Kier alpha value is -1.79. The molecule has 0 amide bonds. The fourth-order valence-corrected chi connectivity index (χ4v) is 3.63. The molecule has 1 aliphatic rings. The molecule has 2 aromatic rings. The number of hydrogen-bond donors (Lipinski definition) is 1. The molecule has 104 valence electrons. The van der Waals surface area contributed by atoms with Gasteiger partial charge in [0, 0.05) is 31.2 Å². The smallest absolute Gasteiger partial charge is 0.336 e. The minimum Gasteiger partial charge on any atom is -0.478 e. The molecule has 0 saturated carbocycles. The second kappa shape index (κ2) is 4.89. The molecule has 3 rings (SSSR count). The molecule has 1 aliphatic carbocycles. The standard InChI is InChI=1S/C15H6Br2O4/c16-9-5-8(15(20)21)12(17)11-10(9)13(18)6-3-1-2-4-7(6)14(11)19/h1-5H,(H,20,21). The normalized spacial score (nSPS) is 12.9. The number of benzene rings is 2. The van der Waals surface area contributed by atoms with Crippen molar-refractivity contribution in [1.82, 2.24) is 0 Å². The summed E-state index contributed by atoms with van der Waals surface area (Å²) in [6.45, 7) is 0. The van der Waals surface area contributed by atoms with Crippen molar-refractivity contribution in [2.24, 2.45) is 0 Å². The fraction of sp³-hybridized carbons (Fsp3) is 0. The number of carbonyl (C=O) groups excluding carboxylic acids is 2. The van der Waals surface area contributed by atoms with E-state index in [4.69, 9.17) is 0 Å². The number of aromatic carboxylic acids is 1. The van der Waals surface area contributed by atoms with Crippen LogP contribution in [0.1, 0.15) is 42.2 Å². The van der Waals surface area contributed by atoms with Gasteiger partial charge in [-0.15, -0.1) is 0 Å². The molecule has 6 heteroatoms. The van der Waals surface area contributed by atoms with Crippen LogP contribution in [0.5, 0.6) is 0 Å². The van der Waals surface area contributed by atoms with E-state index in [0.29, 0.717) is 10.0 Å². The third kappa shape index (κ3) is 1.98. The minimum atomic E-state index is -1.18. The molecule has 0 radical (unpaired) electrons. The van der Waals surface area contributed by atoms with Crippen molar-refractivity contribution in [1.29, 1.82) is 0 Å². The number of fused-ring (bicyclic) bond motifs is 2. The Morgan fingerprint density at radius 2 is 1.48 bits per heavy atom. The van der Waals surface area contributed by atoms with E-state index in [1.807, 2.05) is 0 Å². The van der Waals surface area contributed by atoms with Crippen LogP contribution in [0.3, 0.4) is 0 Å². The second-order valence-corrected chi connectivity index (χ2v) is 6.13. The maximum atomic E-state index is 12.6. The Bertz CT molecular complexity index is 840. The molecule has 0 aliphatic heterocycles. The number of carbonyl (C=O) groups is 3. The third-order valence-electron chi connectivity index (χ3n) is 3.32. The molecule has 0 saturated heterocycles. The first-order valence-electron chi connectivity index (χ1n) is 5.87. The SMILES string of the molecule is O=C(O)c1cc(Br)c2c(c1Br)C(=O)c1ccccc1C2=O. The summed E-state index contributed by atoms with van der Waals surface area (Å²) in [5, 5.41) is 9.19. The number of carboxylic acid groups (broad SMARTS) is 1. The van der Waals surface area contributed by atoms with Gasteiger partial charge in [-0.1, -0.05) is 24.3 Å². The van der Waals surface area contributed by atoms with Crippen molar-refractivity contribution in [2.45, 2.75) is 0 Å². The lowest BCUT2D eigenvalue weighted by Crippen LogP contribution is -2.23. The van der Waals surface area contributed by atoms with Gasteiger partial charge in [0.2, 0.25) is 0 Å². The summed E-state index contributed by atoms with van der Waals surface area (Å²) in [7, 11) is 0. The summed E-state index contributed by atoms with van der Waals surface area (Å²) in [5.41, 5.74) is 0.818. The summed E-state index contributed by atoms with van der Waals surface area (Å²) in [6.07, 6.45) is 0. The van der Waals surface area contributed by atoms with E-state index in [9.17, 15) is 19.5 Å². The van der Waals surface area contributed by atoms with Gasteiger partial charge in [-0.3, -0.25) is 9.59 Å². The van der Waals surface area contributed by atoms with Crippen LogP contribution in [0.4, 0.5) is 0 Å². The summed E-state index contributed by atoms with van der Waals surface area (Å²) in [4.78, 5) is 36.4. The summed E-state index contributed by atoms with van der Waals surface area (Å²) in [6, 6.07) is 7.82. The maximum absolute atomic E-state index is 12.6. The van der Waals surface area contributed by atoms with Crippen LogP contribution >= 0.6 is 31.9 Å². The third-order valence-corrected chi connectivity index (χ3v) is 4.77. The van der Waals surface area contributed by atoms with Gasteiger partial charge in [0.15, 0.2) is 11.6 Å². The van der Waals surface area contributed by atoms with Gasteiger partial charge in [-0.25, -0.2) is 4.79 Å². The zero-order valence-electron chi connectivity index (χ0n) is 10.3. The summed E-state index contributed by atoms with van der Waals surface area (Å²) in [5.74, 6) is -1.84. The molecule has 0 fully saturated rings. The van der Waals surface area contributed by atoms with Crippen LogP contribution in [0, 0.1) is 0 Å². The van der Waals surface area contributed by atoms with E-state index in [1.54, 1.807) is 24.3 Å². The highest BCUT2D eigenvalue weighted by molar-refractivity contribution is 9.11. The molecule has 0 bridgehead atoms. The molecule has 0 atom stereocenters. The van der Waals surface area contributed by atoms with E-state index >= 15 is 0 Å². The highest BCUT2D eigenvalue weighted by Gasteiger charge is 2.34. The summed E-state index contributed by atoms with van der Waals surface area (Å²) >= 11 is 6.34. The number of halogens is 2. The molecule has 0 spiro atoms. The lowest BCUT2D eigenvalue weighted by atomic mass is 9.83. The van der Waals surface area contributed by atoms with Crippen molar-refractivity contribution in [3.63, 3.8) is 0 Å². The van der Waals surface area contributed by atoms with E-state index in [2.05, 4.69) is 31.9 Å². The van der Waals surface area contributed by atoms with Crippen molar-refractivity contribution < 1.29 is 19.5 Å². The van der Waals surface area contributed by atoms with Gasteiger partial charge in [0.25, 0.3) is 0 Å². The van der Waals surface area contributed by atoms with Gasteiger partial charge < -0.3 is 5.11 Å². The highest BCUT2D eigenvalue weighted by atomic mass is 79.9. The Morgan fingerprint density at radius 3 is 2.00 bits per heavy atom. The first-order valence-corrected chi connectivity index (χ1v) is 7.45. The fourth-order valence-electron chi connectivity index (χ4n) is 2.37. The van der Waals surface area contributed by atoms with Crippen LogP contribution in [0.2, 0.25) is 0 Å². The highest BCUT2D eigenvalue weighted by Crippen LogP contribution is 2.38. The quantitative estimate of drug-likeness (QED) is 0.665. The zero-order valence-corrected chi connectivity index (χ0v) is 13.5. The Morgan fingerprint density at radius 1 is 0.952 bits per heavy atom. The monoisotopic (exact) mass is 408 g/mol. The number of carboxylic acids is 1. The molecule has 0 unspecified atom stereocenters. The van der Waals surface area contributed by atoms with Gasteiger partial charge in [0.1, 0.15) is 0 Å². The maximum Gasteiger partial charge on any atom is 0.336 e. The van der Waals surface area contributed by atoms with E-state index in [1.165, 1.54) is 6.07 Å². The minimum absolute atomic E-state index is 0.0684. The van der Waals surface area contributed by atoms with Gasteiger partial charge in [0.05, 0.1) is 5.56 Å². The van der Waals surface area contributed by atoms with Gasteiger partial charge in [-0.05, 0) is 37.9 Å². The van der Waals surface area contributed by atoms with Gasteiger partial charge >= 0.3 is 5.97 Å². The van der Waals surface area contributed by atoms with Crippen molar-refractivity contribution >= 4 is 49.4 Å². The van der Waals surface area contributed by atoms with Crippen molar-refractivity contribution in [2.75, 3.05) is 0 Å². The van der Waals surface area contributed by atoms with Crippen LogP contribution < -0.4 is 0 Å². The van der Waals surface area contributed by atoms with E-state index < -0.39 is 5.97 Å². The lowest BCUT2D eigenvalue weighted by Gasteiger charge is -2.20. The summed E-state index contributed by atoms with van der Waals surface area (Å²) < 4.78 is 0.423. The Labute approximate surface area is 136 Å². The van der Waals surface area contributed by atoms with Crippen LogP contribution in [0.15, 0.2) is 39.3 Å². The van der Waals surface area contributed by atoms with Gasteiger partial charge in [-0.2, -0.15) is 0 Å². The first kappa shape index (κ1) is 14.2. The van der Waals surface area contributed by atoms with E-state index in [-0.39, 0.29) is 38.3 Å². The molecule has 4 nitrogen and oxygen atoms in total. The average Bonchev–Trinajstić information content (AvgIpc) is 2.46. The molecule has 2 aromatic carbocycles. The second-order valence-electron chi connectivity index (χ2n) is 4.48. The zero-order chi connectivity index (χ0) is 15.3.